The lowest BCUT2D eigenvalue weighted by Crippen LogP contribution is -2.38. The number of hydrogen-bond acceptors (Lipinski definition) is 1. The zero-order chi connectivity index (χ0) is 13.5. The second kappa shape index (κ2) is 4.23. The summed E-state index contributed by atoms with van der Waals surface area (Å²) < 4.78 is 15.5. The summed E-state index contributed by atoms with van der Waals surface area (Å²) in [6, 6.07) is 6.67. The SMILES string of the molecule is CC(C)C(=O)C(C)(C)n1ccc2c(F)cccc21. The van der Waals surface area contributed by atoms with Gasteiger partial charge in [-0.3, -0.25) is 4.79 Å². The zero-order valence-corrected chi connectivity index (χ0v) is 11.2. The van der Waals surface area contributed by atoms with Crippen molar-refractivity contribution in [1.29, 1.82) is 0 Å². The number of nitrogens with zero attached hydrogens (tertiary/aromatic N) is 1. The Kier molecular flexibility index (Phi) is 3.01. The van der Waals surface area contributed by atoms with Crippen LogP contribution in [0.5, 0.6) is 0 Å². The van der Waals surface area contributed by atoms with Crippen LogP contribution in [-0.4, -0.2) is 10.4 Å². The highest BCUT2D eigenvalue weighted by Crippen LogP contribution is 2.28. The summed E-state index contributed by atoms with van der Waals surface area (Å²) in [6.45, 7) is 7.52. The monoisotopic (exact) mass is 247 g/mol. The van der Waals surface area contributed by atoms with Crippen molar-refractivity contribution >= 4 is 16.7 Å². The van der Waals surface area contributed by atoms with Gasteiger partial charge in [-0.2, -0.15) is 0 Å². The van der Waals surface area contributed by atoms with Gasteiger partial charge in [-0.15, -0.1) is 0 Å². The molecule has 2 aromatic rings. The van der Waals surface area contributed by atoms with Gasteiger partial charge in [0, 0.05) is 17.5 Å². The Balaban J connectivity index is 2.61. The van der Waals surface area contributed by atoms with Gasteiger partial charge < -0.3 is 4.57 Å². The van der Waals surface area contributed by atoms with E-state index in [2.05, 4.69) is 0 Å². The summed E-state index contributed by atoms with van der Waals surface area (Å²) in [7, 11) is 0. The van der Waals surface area contributed by atoms with Gasteiger partial charge in [0.25, 0.3) is 0 Å². The molecule has 0 unspecified atom stereocenters. The smallest absolute Gasteiger partial charge is 0.160 e. The Morgan fingerprint density at radius 3 is 2.56 bits per heavy atom. The topological polar surface area (TPSA) is 22.0 Å². The first-order valence-electron chi connectivity index (χ1n) is 6.16. The van der Waals surface area contributed by atoms with Crippen molar-refractivity contribution in [3.63, 3.8) is 0 Å². The number of hydrogen-bond donors (Lipinski definition) is 0. The molecule has 0 N–H and O–H groups in total. The molecule has 0 aliphatic rings. The first kappa shape index (κ1) is 12.8. The highest BCUT2D eigenvalue weighted by atomic mass is 19.1. The Morgan fingerprint density at radius 2 is 1.94 bits per heavy atom. The van der Waals surface area contributed by atoms with Gasteiger partial charge in [0.15, 0.2) is 5.78 Å². The maximum absolute atomic E-state index is 13.6. The van der Waals surface area contributed by atoms with E-state index in [1.807, 2.05) is 38.3 Å². The van der Waals surface area contributed by atoms with Crippen molar-refractivity contribution in [3.8, 4) is 0 Å². The van der Waals surface area contributed by atoms with Crippen molar-refractivity contribution in [3.05, 3.63) is 36.3 Å². The fraction of sp³-hybridized carbons (Fsp3) is 0.400. The molecular weight excluding hydrogens is 229 g/mol. The average Bonchev–Trinajstić information content (AvgIpc) is 2.73. The molecule has 0 aliphatic heterocycles. The lowest BCUT2D eigenvalue weighted by molar-refractivity contribution is -0.129. The van der Waals surface area contributed by atoms with E-state index in [0.29, 0.717) is 5.39 Å². The second-order valence-electron chi connectivity index (χ2n) is 5.44. The van der Waals surface area contributed by atoms with E-state index in [1.54, 1.807) is 18.3 Å². The highest BCUT2D eigenvalue weighted by molar-refractivity contribution is 5.90. The first-order chi connectivity index (χ1) is 8.35. The maximum Gasteiger partial charge on any atom is 0.160 e. The first-order valence-corrected chi connectivity index (χ1v) is 6.16. The Bertz CT molecular complexity index is 596. The molecule has 0 amide bonds. The molecule has 0 saturated carbocycles. The van der Waals surface area contributed by atoms with Crippen LogP contribution in [0.25, 0.3) is 10.9 Å². The number of carbonyl (C=O) groups is 1. The summed E-state index contributed by atoms with van der Waals surface area (Å²) in [5.74, 6) is -0.158. The van der Waals surface area contributed by atoms with Crippen LogP contribution in [-0.2, 0) is 10.3 Å². The van der Waals surface area contributed by atoms with E-state index < -0.39 is 5.54 Å². The van der Waals surface area contributed by atoms with E-state index in [4.69, 9.17) is 0 Å². The third-order valence-corrected chi connectivity index (χ3v) is 3.41. The molecule has 2 rings (SSSR count). The molecule has 2 nitrogen and oxygen atoms in total. The van der Waals surface area contributed by atoms with Crippen molar-refractivity contribution in [2.24, 2.45) is 5.92 Å². The van der Waals surface area contributed by atoms with Crippen LogP contribution >= 0.6 is 0 Å². The van der Waals surface area contributed by atoms with Gasteiger partial charge in [-0.05, 0) is 32.0 Å². The number of aromatic nitrogens is 1. The van der Waals surface area contributed by atoms with Crippen LogP contribution in [0.3, 0.4) is 0 Å². The summed E-state index contributed by atoms with van der Waals surface area (Å²) in [5, 5.41) is 0.558. The predicted octanol–water partition coefficient (Wildman–Crippen LogP) is 3.74. The van der Waals surface area contributed by atoms with Crippen LogP contribution in [0.4, 0.5) is 4.39 Å². The molecular formula is C15H18FNO. The quantitative estimate of drug-likeness (QED) is 0.809. The molecule has 0 spiro atoms. The van der Waals surface area contributed by atoms with Crippen molar-refractivity contribution < 1.29 is 9.18 Å². The van der Waals surface area contributed by atoms with E-state index >= 15 is 0 Å². The summed E-state index contributed by atoms with van der Waals surface area (Å²) in [6.07, 6.45) is 1.79. The maximum atomic E-state index is 13.6. The van der Waals surface area contributed by atoms with Crippen LogP contribution in [0.2, 0.25) is 0 Å². The molecule has 0 bridgehead atoms. The molecule has 0 aliphatic carbocycles. The van der Waals surface area contributed by atoms with Gasteiger partial charge in [0.2, 0.25) is 0 Å². The second-order valence-corrected chi connectivity index (χ2v) is 5.44. The van der Waals surface area contributed by atoms with E-state index in [0.717, 1.165) is 5.52 Å². The van der Waals surface area contributed by atoms with Gasteiger partial charge in [0.1, 0.15) is 5.82 Å². The Morgan fingerprint density at radius 1 is 1.28 bits per heavy atom. The molecule has 0 radical (unpaired) electrons. The third-order valence-electron chi connectivity index (χ3n) is 3.41. The largest absolute Gasteiger partial charge is 0.335 e. The van der Waals surface area contributed by atoms with Gasteiger partial charge in [-0.1, -0.05) is 19.9 Å². The third kappa shape index (κ3) is 1.84. The number of benzene rings is 1. The fourth-order valence-electron chi connectivity index (χ4n) is 2.44. The van der Waals surface area contributed by atoms with Crippen LogP contribution in [0, 0.1) is 11.7 Å². The van der Waals surface area contributed by atoms with Crippen molar-refractivity contribution in [2.75, 3.05) is 0 Å². The molecule has 18 heavy (non-hydrogen) atoms. The van der Waals surface area contributed by atoms with Crippen LogP contribution in [0.15, 0.2) is 30.5 Å². The summed E-state index contributed by atoms with van der Waals surface area (Å²) in [4.78, 5) is 12.3. The fourth-order valence-corrected chi connectivity index (χ4v) is 2.44. The summed E-state index contributed by atoms with van der Waals surface area (Å²) in [5.41, 5.74) is 0.0953. The molecule has 0 atom stereocenters. The van der Waals surface area contributed by atoms with Gasteiger partial charge in [0.05, 0.1) is 11.1 Å². The Labute approximate surface area is 106 Å². The van der Waals surface area contributed by atoms with E-state index in [-0.39, 0.29) is 17.5 Å². The lowest BCUT2D eigenvalue weighted by atomic mass is 9.90. The zero-order valence-electron chi connectivity index (χ0n) is 11.2. The lowest BCUT2D eigenvalue weighted by Gasteiger charge is -2.28. The average molecular weight is 247 g/mol. The van der Waals surface area contributed by atoms with Gasteiger partial charge >= 0.3 is 0 Å². The number of halogens is 1. The normalized spacial score (nSPS) is 12.3. The number of ketones is 1. The molecule has 1 heterocycles. The highest BCUT2D eigenvalue weighted by Gasteiger charge is 2.32. The van der Waals surface area contributed by atoms with E-state index in [9.17, 15) is 9.18 Å². The molecule has 0 fully saturated rings. The van der Waals surface area contributed by atoms with Gasteiger partial charge in [-0.25, -0.2) is 4.39 Å². The number of rotatable bonds is 3. The molecule has 1 aromatic carbocycles. The molecule has 0 saturated heterocycles. The molecule has 3 heteroatoms. The van der Waals surface area contributed by atoms with Crippen LogP contribution < -0.4 is 0 Å². The number of carbonyl (C=O) groups excluding carboxylic acids is 1. The number of Topliss-reactive ketones (excluding diaryl/α,β-unsaturated/α-hetero) is 1. The Hall–Kier alpha value is -1.64. The number of fused-ring (bicyclic) bond motifs is 1. The summed E-state index contributed by atoms with van der Waals surface area (Å²) >= 11 is 0. The molecule has 1 aromatic heterocycles. The predicted molar refractivity (Wildman–Crippen MR) is 71.1 cm³/mol. The van der Waals surface area contributed by atoms with Crippen LogP contribution in [0.1, 0.15) is 27.7 Å². The minimum Gasteiger partial charge on any atom is -0.335 e. The standard InChI is InChI=1S/C15H18FNO/c1-10(2)14(18)15(3,4)17-9-8-11-12(16)6-5-7-13(11)17/h5-10H,1-4H3. The minimum atomic E-state index is -0.663. The van der Waals surface area contributed by atoms with E-state index in [1.165, 1.54) is 6.07 Å². The van der Waals surface area contributed by atoms with Crippen molar-refractivity contribution in [1.82, 2.24) is 4.57 Å². The molecule has 96 valence electrons. The van der Waals surface area contributed by atoms with Crippen molar-refractivity contribution in [2.45, 2.75) is 33.2 Å². The minimum absolute atomic E-state index is 0.0500.